The fourth-order valence-corrected chi connectivity index (χ4v) is 2.51. The summed E-state index contributed by atoms with van der Waals surface area (Å²) in [7, 11) is 0. The Morgan fingerprint density at radius 3 is 2.67 bits per heavy atom. The molecule has 0 amide bonds. The van der Waals surface area contributed by atoms with Crippen molar-refractivity contribution in [1.82, 2.24) is 4.98 Å². The molecule has 2 heteroatoms. The first-order chi connectivity index (χ1) is 8.92. The molecule has 86 valence electrons. The summed E-state index contributed by atoms with van der Waals surface area (Å²) < 4.78 is 0. The Balaban J connectivity index is 2.18. The number of para-hydroxylation sites is 2. The molecular weight excluding hydrogens is 220 g/mol. The van der Waals surface area contributed by atoms with Crippen LogP contribution in [0.25, 0.3) is 23.2 Å². The number of benzene rings is 2. The fraction of sp³-hybridized carbons (Fsp3) is 0. The minimum absolute atomic E-state index is 1.13. The van der Waals surface area contributed by atoms with E-state index in [9.17, 15) is 0 Å². The first kappa shape index (κ1) is 9.54. The van der Waals surface area contributed by atoms with Gasteiger partial charge < -0.3 is 10.3 Å². The molecule has 2 nitrogen and oxygen atoms in total. The van der Waals surface area contributed by atoms with Crippen LogP contribution in [-0.4, -0.2) is 4.98 Å². The van der Waals surface area contributed by atoms with Gasteiger partial charge in [-0.3, -0.25) is 0 Å². The van der Waals surface area contributed by atoms with Gasteiger partial charge in [-0.1, -0.05) is 36.4 Å². The number of hydrogen-bond acceptors (Lipinski definition) is 1. The van der Waals surface area contributed by atoms with E-state index in [4.69, 9.17) is 0 Å². The lowest BCUT2D eigenvalue weighted by molar-refractivity contribution is 1.35. The van der Waals surface area contributed by atoms with Gasteiger partial charge in [0.05, 0.1) is 5.35 Å². The number of aromatic nitrogens is 1. The molecule has 0 saturated heterocycles. The van der Waals surface area contributed by atoms with Crippen molar-refractivity contribution in [2.75, 3.05) is 5.32 Å². The molecule has 0 radical (unpaired) electrons. The van der Waals surface area contributed by atoms with Crippen LogP contribution in [0.5, 0.6) is 0 Å². The lowest BCUT2D eigenvalue weighted by Crippen LogP contribution is -2.22. The molecule has 2 aromatic carbocycles. The quantitative estimate of drug-likeness (QED) is 0.611. The van der Waals surface area contributed by atoms with Crippen LogP contribution < -0.4 is 15.9 Å². The highest BCUT2D eigenvalue weighted by Crippen LogP contribution is 2.17. The number of anilines is 1. The van der Waals surface area contributed by atoms with E-state index in [1.165, 1.54) is 21.7 Å². The molecule has 0 unspecified atom stereocenters. The Hall–Kier alpha value is -2.48. The molecule has 18 heavy (non-hydrogen) atoms. The molecule has 0 fully saturated rings. The molecule has 1 aromatic heterocycles. The van der Waals surface area contributed by atoms with Crippen LogP contribution in [0.3, 0.4) is 0 Å². The Kier molecular flexibility index (Phi) is 1.86. The highest BCUT2D eigenvalue weighted by atomic mass is 14.9. The van der Waals surface area contributed by atoms with E-state index in [1.54, 1.807) is 0 Å². The van der Waals surface area contributed by atoms with Crippen molar-refractivity contribution in [3.63, 3.8) is 0 Å². The third kappa shape index (κ3) is 1.29. The van der Waals surface area contributed by atoms with Crippen LogP contribution in [0, 0.1) is 0 Å². The SMILES string of the molecule is C1=c2[nH]c3ccccc3c2=Cc2ccccc2N1. The smallest absolute Gasteiger partial charge is 0.0628 e. The van der Waals surface area contributed by atoms with Crippen LogP contribution in [0.4, 0.5) is 5.69 Å². The summed E-state index contributed by atoms with van der Waals surface area (Å²) in [5, 5.41) is 7.01. The maximum atomic E-state index is 3.44. The maximum Gasteiger partial charge on any atom is 0.0628 e. The van der Waals surface area contributed by atoms with E-state index in [0.717, 1.165) is 11.0 Å². The van der Waals surface area contributed by atoms with E-state index in [2.05, 4.69) is 58.8 Å². The minimum atomic E-state index is 1.13. The summed E-state index contributed by atoms with van der Waals surface area (Å²) in [6.45, 7) is 0. The van der Waals surface area contributed by atoms with Crippen molar-refractivity contribution in [3.8, 4) is 0 Å². The van der Waals surface area contributed by atoms with Gasteiger partial charge in [-0.25, -0.2) is 0 Å². The van der Waals surface area contributed by atoms with Crippen molar-refractivity contribution in [1.29, 1.82) is 0 Å². The van der Waals surface area contributed by atoms with Gasteiger partial charge in [-0.15, -0.1) is 0 Å². The van der Waals surface area contributed by atoms with Crippen molar-refractivity contribution in [2.24, 2.45) is 0 Å². The highest BCUT2D eigenvalue weighted by Gasteiger charge is 2.05. The molecular formula is C16H12N2. The van der Waals surface area contributed by atoms with E-state index in [0.29, 0.717) is 0 Å². The van der Waals surface area contributed by atoms with Gasteiger partial charge in [0, 0.05) is 28.0 Å². The Morgan fingerprint density at radius 1 is 0.833 bits per heavy atom. The Bertz CT molecular complexity index is 856. The molecule has 0 spiro atoms. The molecule has 4 rings (SSSR count). The first-order valence-electron chi connectivity index (χ1n) is 6.06. The maximum absolute atomic E-state index is 3.44. The minimum Gasteiger partial charge on any atom is -0.359 e. The topological polar surface area (TPSA) is 27.8 Å². The zero-order valence-electron chi connectivity index (χ0n) is 9.77. The molecule has 0 bridgehead atoms. The van der Waals surface area contributed by atoms with Gasteiger partial charge in [0.1, 0.15) is 0 Å². The first-order valence-corrected chi connectivity index (χ1v) is 6.06. The van der Waals surface area contributed by atoms with Gasteiger partial charge in [0.2, 0.25) is 0 Å². The number of rotatable bonds is 0. The third-order valence-electron chi connectivity index (χ3n) is 3.41. The fourth-order valence-electron chi connectivity index (χ4n) is 2.51. The van der Waals surface area contributed by atoms with Crippen LogP contribution in [-0.2, 0) is 0 Å². The molecule has 0 atom stereocenters. The zero-order valence-corrected chi connectivity index (χ0v) is 9.77. The summed E-state index contributed by atoms with van der Waals surface area (Å²) >= 11 is 0. The number of nitrogens with one attached hydrogen (secondary N) is 2. The lowest BCUT2D eigenvalue weighted by atomic mass is 10.1. The van der Waals surface area contributed by atoms with Crippen LogP contribution >= 0.6 is 0 Å². The monoisotopic (exact) mass is 232 g/mol. The molecule has 0 aliphatic carbocycles. The number of H-pyrrole nitrogens is 1. The number of aromatic amines is 1. The largest absolute Gasteiger partial charge is 0.359 e. The molecule has 2 N–H and O–H groups in total. The Morgan fingerprint density at radius 2 is 1.67 bits per heavy atom. The average molecular weight is 232 g/mol. The van der Waals surface area contributed by atoms with Crippen LogP contribution in [0.2, 0.25) is 0 Å². The normalized spacial score (nSPS) is 12.7. The van der Waals surface area contributed by atoms with Crippen molar-refractivity contribution in [2.45, 2.75) is 0 Å². The summed E-state index contributed by atoms with van der Waals surface area (Å²) in [5.41, 5.74) is 3.54. The van der Waals surface area contributed by atoms with Gasteiger partial charge in [-0.2, -0.15) is 0 Å². The number of fused-ring (bicyclic) bond motifs is 4. The standard InChI is InChI=1S/C16H12N2/c1-3-7-14-11(5-1)9-13-12-6-2-4-8-15(12)18-16(13)10-17-14/h1-10,17-18H. The van der Waals surface area contributed by atoms with E-state index < -0.39 is 0 Å². The second-order valence-corrected chi connectivity index (χ2v) is 4.52. The lowest BCUT2D eigenvalue weighted by Gasteiger charge is -2.02. The second-order valence-electron chi connectivity index (χ2n) is 4.52. The third-order valence-corrected chi connectivity index (χ3v) is 3.41. The van der Waals surface area contributed by atoms with Gasteiger partial charge in [-0.05, 0) is 23.8 Å². The predicted molar refractivity (Wildman–Crippen MR) is 75.6 cm³/mol. The summed E-state index contributed by atoms with van der Waals surface area (Å²) in [5.74, 6) is 0. The number of hydrogen-bond donors (Lipinski definition) is 2. The van der Waals surface area contributed by atoms with Crippen LogP contribution in [0.1, 0.15) is 5.56 Å². The van der Waals surface area contributed by atoms with E-state index in [-0.39, 0.29) is 0 Å². The summed E-state index contributed by atoms with van der Waals surface area (Å²) in [6, 6.07) is 16.7. The highest BCUT2D eigenvalue weighted by molar-refractivity contribution is 5.85. The molecule has 1 aliphatic heterocycles. The van der Waals surface area contributed by atoms with Crippen molar-refractivity contribution >= 4 is 28.9 Å². The summed E-state index contributed by atoms with van der Waals surface area (Å²) in [4.78, 5) is 3.44. The van der Waals surface area contributed by atoms with Gasteiger partial charge >= 0.3 is 0 Å². The van der Waals surface area contributed by atoms with E-state index >= 15 is 0 Å². The zero-order chi connectivity index (χ0) is 11.9. The van der Waals surface area contributed by atoms with E-state index in [1.807, 2.05) is 12.3 Å². The average Bonchev–Trinajstić information content (AvgIpc) is 2.65. The van der Waals surface area contributed by atoms with Gasteiger partial charge in [0.15, 0.2) is 0 Å². The predicted octanol–water partition coefficient (Wildman–Crippen LogP) is 2.16. The molecule has 0 saturated carbocycles. The summed E-state index contributed by atoms with van der Waals surface area (Å²) in [6.07, 6.45) is 4.28. The molecule has 1 aliphatic rings. The van der Waals surface area contributed by atoms with Crippen molar-refractivity contribution in [3.05, 3.63) is 64.7 Å². The molecule has 3 aromatic rings. The second kappa shape index (κ2) is 3.50. The van der Waals surface area contributed by atoms with Gasteiger partial charge in [0.25, 0.3) is 0 Å². The Labute approximate surface area is 104 Å². The van der Waals surface area contributed by atoms with Crippen molar-refractivity contribution < 1.29 is 0 Å². The molecule has 2 heterocycles. The van der Waals surface area contributed by atoms with Crippen LogP contribution in [0.15, 0.2) is 48.5 Å².